The van der Waals surface area contributed by atoms with Crippen LogP contribution in [0.1, 0.15) is 0 Å². The molecule has 7 heteroatoms. The molecular weight excluding hydrogens is 288 g/mol. The van der Waals surface area contributed by atoms with Gasteiger partial charge in [-0.1, -0.05) is 30.0 Å². The molecule has 3 rings (SSSR count). The number of carboxylic acids is 1. The van der Waals surface area contributed by atoms with E-state index in [2.05, 4.69) is 15.1 Å². The minimum Gasteiger partial charge on any atom is -0.481 e. The van der Waals surface area contributed by atoms with Gasteiger partial charge in [-0.3, -0.25) is 4.79 Å². The number of carboxylic acid groups (broad SMARTS) is 1. The van der Waals surface area contributed by atoms with Crippen LogP contribution in [-0.4, -0.2) is 36.6 Å². The van der Waals surface area contributed by atoms with Gasteiger partial charge in [0, 0.05) is 11.8 Å². The number of hydrogen-bond donors (Lipinski definition) is 2. The summed E-state index contributed by atoms with van der Waals surface area (Å²) in [6.45, 7) is 0. The Labute approximate surface area is 124 Å². The van der Waals surface area contributed by atoms with Crippen molar-refractivity contribution in [2.24, 2.45) is 0 Å². The fraction of sp³-hybridized carbons (Fsp3) is 0.0714. The van der Waals surface area contributed by atoms with Crippen LogP contribution >= 0.6 is 11.8 Å². The maximum absolute atomic E-state index is 10.5. The highest BCUT2D eigenvalue weighted by Gasteiger charge is 2.08. The quantitative estimate of drug-likeness (QED) is 0.707. The molecule has 0 unspecified atom stereocenters. The third-order valence-corrected chi connectivity index (χ3v) is 3.67. The Hall–Kier alpha value is -2.54. The van der Waals surface area contributed by atoms with Gasteiger partial charge in [-0.2, -0.15) is 5.10 Å². The van der Waals surface area contributed by atoms with Gasteiger partial charge in [0.2, 0.25) is 0 Å². The molecule has 0 radical (unpaired) electrons. The van der Waals surface area contributed by atoms with E-state index in [0.29, 0.717) is 5.16 Å². The molecule has 2 N–H and O–H groups in total. The summed E-state index contributed by atoms with van der Waals surface area (Å²) in [5.74, 6) is -0.884. The molecule has 106 valence electrons. The summed E-state index contributed by atoms with van der Waals surface area (Å²) in [6.07, 6.45) is 5.32. The van der Waals surface area contributed by atoms with Crippen LogP contribution in [0.4, 0.5) is 0 Å². The predicted molar refractivity (Wildman–Crippen MR) is 79.5 cm³/mol. The number of aromatic amines is 1. The lowest BCUT2D eigenvalue weighted by atomic mass is 10.3. The Morgan fingerprint density at radius 1 is 1.29 bits per heavy atom. The van der Waals surface area contributed by atoms with Crippen LogP contribution < -0.4 is 0 Å². The third kappa shape index (κ3) is 3.14. The number of carbonyl (C=O) groups is 1. The molecule has 0 spiro atoms. The maximum atomic E-state index is 10.5. The highest BCUT2D eigenvalue weighted by atomic mass is 32.2. The van der Waals surface area contributed by atoms with Gasteiger partial charge in [0.1, 0.15) is 0 Å². The summed E-state index contributed by atoms with van der Waals surface area (Å²) in [6, 6.07) is 9.80. The van der Waals surface area contributed by atoms with Crippen molar-refractivity contribution in [3.8, 4) is 16.9 Å². The molecular formula is C14H12N4O2S. The van der Waals surface area contributed by atoms with Crippen LogP contribution in [0, 0.1) is 0 Å². The Morgan fingerprint density at radius 2 is 2.10 bits per heavy atom. The zero-order valence-electron chi connectivity index (χ0n) is 10.9. The van der Waals surface area contributed by atoms with E-state index >= 15 is 0 Å². The summed E-state index contributed by atoms with van der Waals surface area (Å²) < 4.78 is 1.78. The zero-order chi connectivity index (χ0) is 14.7. The predicted octanol–water partition coefficient (Wildman–Crippen LogP) is 2.44. The second-order valence-corrected chi connectivity index (χ2v) is 5.26. The number of thioether (sulfide) groups is 1. The second-order valence-electron chi connectivity index (χ2n) is 4.29. The normalized spacial score (nSPS) is 10.7. The lowest BCUT2D eigenvalue weighted by Crippen LogP contribution is -1.97. The number of aromatic nitrogens is 4. The van der Waals surface area contributed by atoms with Gasteiger partial charge in [0.15, 0.2) is 5.16 Å². The largest absolute Gasteiger partial charge is 0.481 e. The van der Waals surface area contributed by atoms with Gasteiger partial charge in [0.05, 0.1) is 29.5 Å². The molecule has 1 aromatic carbocycles. The molecule has 0 saturated carbocycles. The number of benzene rings is 1. The summed E-state index contributed by atoms with van der Waals surface area (Å²) in [7, 11) is 0. The third-order valence-electron chi connectivity index (χ3n) is 2.80. The Morgan fingerprint density at radius 3 is 2.86 bits per heavy atom. The van der Waals surface area contributed by atoms with Crippen molar-refractivity contribution < 1.29 is 9.90 Å². The number of hydrogen-bond acceptors (Lipinski definition) is 4. The molecule has 2 aromatic heterocycles. The SMILES string of the molecule is O=C(O)CSc1ncc(-c2cnn(-c3ccccc3)c2)[nH]1. The first kappa shape index (κ1) is 13.4. The van der Waals surface area contributed by atoms with E-state index in [-0.39, 0.29) is 5.75 Å². The summed E-state index contributed by atoms with van der Waals surface area (Å²) >= 11 is 1.15. The Balaban J connectivity index is 1.79. The lowest BCUT2D eigenvalue weighted by molar-refractivity contribution is -0.133. The number of para-hydroxylation sites is 1. The molecule has 0 atom stereocenters. The average Bonchev–Trinajstić information content (AvgIpc) is 3.15. The minimum absolute atomic E-state index is 0.0176. The van der Waals surface area contributed by atoms with E-state index in [9.17, 15) is 4.79 Å². The van der Waals surface area contributed by atoms with Crippen LogP contribution in [0.15, 0.2) is 54.1 Å². The first-order chi connectivity index (χ1) is 10.2. The summed E-state index contributed by atoms with van der Waals surface area (Å²) in [4.78, 5) is 17.8. The van der Waals surface area contributed by atoms with Crippen LogP contribution in [0.25, 0.3) is 16.9 Å². The molecule has 0 aliphatic heterocycles. The van der Waals surface area contributed by atoms with Gasteiger partial charge < -0.3 is 10.1 Å². The number of aliphatic carboxylic acids is 1. The first-order valence-electron chi connectivity index (χ1n) is 6.22. The molecule has 0 fully saturated rings. The van der Waals surface area contributed by atoms with E-state index in [0.717, 1.165) is 28.7 Å². The standard InChI is InChI=1S/C14H12N4O2S/c19-13(20)9-21-14-15-7-12(17-14)10-6-16-18(8-10)11-4-2-1-3-5-11/h1-8H,9H2,(H,15,17)(H,19,20). The van der Waals surface area contributed by atoms with Crippen molar-refractivity contribution in [3.05, 3.63) is 48.9 Å². The van der Waals surface area contributed by atoms with Crippen molar-refractivity contribution in [3.63, 3.8) is 0 Å². The van der Waals surface area contributed by atoms with Gasteiger partial charge in [0.25, 0.3) is 0 Å². The molecule has 0 aliphatic carbocycles. The Bertz CT molecular complexity index is 751. The average molecular weight is 300 g/mol. The van der Waals surface area contributed by atoms with Crippen molar-refractivity contribution in [1.29, 1.82) is 0 Å². The minimum atomic E-state index is -0.866. The monoisotopic (exact) mass is 300 g/mol. The van der Waals surface area contributed by atoms with Crippen LogP contribution in [-0.2, 0) is 4.79 Å². The second kappa shape index (κ2) is 5.84. The fourth-order valence-corrected chi connectivity index (χ4v) is 2.41. The maximum Gasteiger partial charge on any atom is 0.313 e. The van der Waals surface area contributed by atoms with Crippen molar-refractivity contribution in [2.45, 2.75) is 5.16 Å². The van der Waals surface area contributed by atoms with Crippen molar-refractivity contribution in [2.75, 3.05) is 5.75 Å². The Kier molecular flexibility index (Phi) is 3.74. The molecule has 0 bridgehead atoms. The fourth-order valence-electron chi connectivity index (χ4n) is 1.84. The molecule has 0 aliphatic rings. The van der Waals surface area contributed by atoms with E-state index in [1.807, 2.05) is 36.5 Å². The summed E-state index contributed by atoms with van der Waals surface area (Å²) in [5, 5.41) is 13.5. The number of H-pyrrole nitrogens is 1. The van der Waals surface area contributed by atoms with Gasteiger partial charge >= 0.3 is 5.97 Å². The first-order valence-corrected chi connectivity index (χ1v) is 7.21. The van der Waals surface area contributed by atoms with Crippen LogP contribution in [0.2, 0.25) is 0 Å². The number of nitrogens with one attached hydrogen (secondary N) is 1. The smallest absolute Gasteiger partial charge is 0.313 e. The van der Waals surface area contributed by atoms with Crippen LogP contribution in [0.3, 0.4) is 0 Å². The molecule has 21 heavy (non-hydrogen) atoms. The number of rotatable bonds is 5. The number of nitrogens with zero attached hydrogens (tertiary/aromatic N) is 3. The van der Waals surface area contributed by atoms with Gasteiger partial charge in [-0.15, -0.1) is 0 Å². The van der Waals surface area contributed by atoms with Gasteiger partial charge in [-0.25, -0.2) is 9.67 Å². The highest BCUT2D eigenvalue weighted by Crippen LogP contribution is 2.21. The van der Waals surface area contributed by atoms with Crippen molar-refractivity contribution in [1.82, 2.24) is 19.7 Å². The number of imidazole rings is 1. The molecule has 6 nitrogen and oxygen atoms in total. The van der Waals surface area contributed by atoms with E-state index in [1.54, 1.807) is 17.1 Å². The topological polar surface area (TPSA) is 83.8 Å². The van der Waals surface area contributed by atoms with Crippen LogP contribution in [0.5, 0.6) is 0 Å². The molecule has 0 saturated heterocycles. The molecule has 0 amide bonds. The van der Waals surface area contributed by atoms with E-state index in [4.69, 9.17) is 5.11 Å². The molecule has 3 aromatic rings. The zero-order valence-corrected chi connectivity index (χ0v) is 11.7. The van der Waals surface area contributed by atoms with E-state index < -0.39 is 5.97 Å². The van der Waals surface area contributed by atoms with E-state index in [1.165, 1.54) is 0 Å². The van der Waals surface area contributed by atoms with Gasteiger partial charge in [-0.05, 0) is 12.1 Å². The van der Waals surface area contributed by atoms with Crippen molar-refractivity contribution >= 4 is 17.7 Å². The highest BCUT2D eigenvalue weighted by molar-refractivity contribution is 7.99. The summed E-state index contributed by atoms with van der Waals surface area (Å²) in [5.41, 5.74) is 2.68. The lowest BCUT2D eigenvalue weighted by Gasteiger charge is -1.98. The molecule has 2 heterocycles.